The fourth-order valence-electron chi connectivity index (χ4n) is 3.21. The van der Waals surface area contributed by atoms with Gasteiger partial charge < -0.3 is 4.74 Å². The molecule has 0 aromatic heterocycles. The minimum Gasteiger partial charge on any atom is -0.494 e. The second-order valence-corrected chi connectivity index (χ2v) is 8.39. The molecule has 0 radical (unpaired) electrons. The van der Waals surface area contributed by atoms with Crippen molar-refractivity contribution in [2.45, 2.75) is 18.4 Å². The third-order valence-electron chi connectivity index (χ3n) is 4.65. The van der Waals surface area contributed by atoms with Crippen LogP contribution in [0.2, 0.25) is 0 Å². The summed E-state index contributed by atoms with van der Waals surface area (Å²) in [5.41, 5.74) is 0.734. The van der Waals surface area contributed by atoms with Crippen LogP contribution in [-0.2, 0) is 16.6 Å². The number of hydrogen-bond acceptors (Lipinski definition) is 6. The number of hydrogen-bond donors (Lipinski definition) is 0. The average Bonchev–Trinajstić information content (AvgIpc) is 2.70. The van der Waals surface area contributed by atoms with Crippen molar-refractivity contribution in [2.75, 3.05) is 32.8 Å². The first kappa shape index (κ1) is 20.2. The predicted molar refractivity (Wildman–Crippen MR) is 105 cm³/mol. The number of sulfonamides is 1. The lowest BCUT2D eigenvalue weighted by Gasteiger charge is -2.33. The maximum absolute atomic E-state index is 12.9. The van der Waals surface area contributed by atoms with Crippen LogP contribution in [0.4, 0.5) is 5.69 Å². The topological polar surface area (TPSA) is 93.0 Å². The van der Waals surface area contributed by atoms with Crippen molar-refractivity contribution in [1.29, 1.82) is 0 Å². The molecule has 1 heterocycles. The zero-order valence-electron chi connectivity index (χ0n) is 15.7. The van der Waals surface area contributed by atoms with Gasteiger partial charge in [-0.2, -0.15) is 4.31 Å². The lowest BCUT2D eigenvalue weighted by atomic mass is 10.2. The Morgan fingerprint density at radius 2 is 1.68 bits per heavy atom. The predicted octanol–water partition coefficient (Wildman–Crippen LogP) is 2.50. The molecule has 150 valence electrons. The number of ether oxygens (including phenoxy) is 1. The van der Waals surface area contributed by atoms with Crippen molar-refractivity contribution in [1.82, 2.24) is 9.21 Å². The molecule has 0 aliphatic carbocycles. The highest BCUT2D eigenvalue weighted by molar-refractivity contribution is 7.89. The van der Waals surface area contributed by atoms with Crippen molar-refractivity contribution in [2.24, 2.45) is 0 Å². The van der Waals surface area contributed by atoms with Crippen LogP contribution in [0.1, 0.15) is 12.5 Å². The fraction of sp³-hybridized carbons (Fsp3) is 0.368. The number of rotatable bonds is 7. The van der Waals surface area contributed by atoms with Crippen LogP contribution in [0.15, 0.2) is 53.4 Å². The Labute approximate surface area is 164 Å². The van der Waals surface area contributed by atoms with E-state index in [2.05, 4.69) is 4.90 Å². The lowest BCUT2D eigenvalue weighted by Crippen LogP contribution is -2.48. The molecule has 2 aromatic rings. The summed E-state index contributed by atoms with van der Waals surface area (Å²) in [5.74, 6) is 0.826. The van der Waals surface area contributed by atoms with Crippen LogP contribution < -0.4 is 4.74 Å². The Bertz CT molecular complexity index is 923. The zero-order chi connectivity index (χ0) is 20.1. The largest absolute Gasteiger partial charge is 0.494 e. The smallest absolute Gasteiger partial charge is 0.289 e. The fourth-order valence-corrected chi connectivity index (χ4v) is 4.79. The summed E-state index contributed by atoms with van der Waals surface area (Å²) in [4.78, 5) is 12.4. The van der Waals surface area contributed by atoms with Gasteiger partial charge in [0.25, 0.3) is 5.69 Å². The molecule has 9 heteroatoms. The standard InChI is InChI=1S/C19H23N3O5S/c1-2-27-17-9-7-16(8-10-17)15-20-11-13-21(14-12-20)28(25,26)19-6-4-3-5-18(19)22(23)24/h3-10H,2,11-15H2,1H3. The molecule has 0 spiro atoms. The van der Waals surface area contributed by atoms with E-state index in [-0.39, 0.29) is 10.6 Å². The van der Waals surface area contributed by atoms with Crippen molar-refractivity contribution < 1.29 is 18.1 Å². The van der Waals surface area contributed by atoms with Gasteiger partial charge in [0, 0.05) is 38.8 Å². The van der Waals surface area contributed by atoms with E-state index in [1.54, 1.807) is 0 Å². The zero-order valence-corrected chi connectivity index (χ0v) is 16.5. The second kappa shape index (κ2) is 8.68. The third kappa shape index (κ3) is 4.49. The van der Waals surface area contributed by atoms with Gasteiger partial charge in [0.1, 0.15) is 5.75 Å². The van der Waals surface area contributed by atoms with Gasteiger partial charge >= 0.3 is 0 Å². The van der Waals surface area contributed by atoms with Gasteiger partial charge in [0.05, 0.1) is 11.5 Å². The lowest BCUT2D eigenvalue weighted by molar-refractivity contribution is -0.387. The highest BCUT2D eigenvalue weighted by atomic mass is 32.2. The molecule has 0 unspecified atom stereocenters. The second-order valence-electron chi connectivity index (χ2n) is 6.48. The van der Waals surface area contributed by atoms with Crippen molar-refractivity contribution >= 4 is 15.7 Å². The van der Waals surface area contributed by atoms with Crippen LogP contribution in [0.3, 0.4) is 0 Å². The number of nitrogens with zero attached hydrogens (tertiary/aromatic N) is 3. The molecule has 28 heavy (non-hydrogen) atoms. The monoisotopic (exact) mass is 405 g/mol. The molecule has 0 atom stereocenters. The maximum Gasteiger partial charge on any atom is 0.289 e. The van der Waals surface area contributed by atoms with E-state index in [9.17, 15) is 18.5 Å². The highest BCUT2D eigenvalue weighted by Crippen LogP contribution is 2.27. The molecular weight excluding hydrogens is 382 g/mol. The Morgan fingerprint density at radius 3 is 2.29 bits per heavy atom. The minimum atomic E-state index is -3.90. The number of nitro benzene ring substituents is 1. The van der Waals surface area contributed by atoms with E-state index < -0.39 is 14.9 Å². The molecule has 0 N–H and O–H groups in total. The third-order valence-corrected chi connectivity index (χ3v) is 6.60. The molecule has 8 nitrogen and oxygen atoms in total. The molecule has 1 saturated heterocycles. The molecule has 1 aliphatic heterocycles. The minimum absolute atomic E-state index is 0.250. The van der Waals surface area contributed by atoms with E-state index in [1.807, 2.05) is 31.2 Å². The quantitative estimate of drug-likeness (QED) is 0.519. The van der Waals surface area contributed by atoms with Gasteiger partial charge in [-0.05, 0) is 30.7 Å². The summed E-state index contributed by atoms with van der Waals surface area (Å²) >= 11 is 0. The van der Waals surface area contributed by atoms with E-state index in [0.717, 1.165) is 11.3 Å². The SMILES string of the molecule is CCOc1ccc(CN2CCN(S(=O)(=O)c3ccccc3[N+](=O)[O-])CC2)cc1. The van der Waals surface area contributed by atoms with E-state index in [4.69, 9.17) is 4.74 Å². The van der Waals surface area contributed by atoms with Gasteiger partial charge in [0.15, 0.2) is 4.90 Å². The molecular formula is C19H23N3O5S. The molecule has 1 fully saturated rings. The van der Waals surface area contributed by atoms with Gasteiger partial charge in [-0.15, -0.1) is 0 Å². The van der Waals surface area contributed by atoms with Gasteiger partial charge in [-0.1, -0.05) is 24.3 Å². The summed E-state index contributed by atoms with van der Waals surface area (Å²) in [6.45, 7) is 4.99. The number of para-hydroxylation sites is 1. The summed E-state index contributed by atoms with van der Waals surface area (Å²) in [5, 5.41) is 11.2. The van der Waals surface area contributed by atoms with Crippen molar-refractivity contribution in [3.63, 3.8) is 0 Å². The molecule has 3 rings (SSSR count). The van der Waals surface area contributed by atoms with Crippen molar-refractivity contribution in [3.8, 4) is 5.75 Å². The summed E-state index contributed by atoms with van der Waals surface area (Å²) in [6, 6.07) is 13.3. The van der Waals surface area contributed by atoms with Crippen LogP contribution in [0.25, 0.3) is 0 Å². The summed E-state index contributed by atoms with van der Waals surface area (Å²) in [6.07, 6.45) is 0. The number of nitro groups is 1. The van der Waals surface area contributed by atoms with Gasteiger partial charge in [-0.25, -0.2) is 8.42 Å². The van der Waals surface area contributed by atoms with Crippen LogP contribution in [0.5, 0.6) is 5.75 Å². The number of benzene rings is 2. The Hall–Kier alpha value is -2.49. The van der Waals surface area contributed by atoms with Gasteiger partial charge in [-0.3, -0.25) is 15.0 Å². The van der Waals surface area contributed by atoms with Crippen molar-refractivity contribution in [3.05, 3.63) is 64.2 Å². The van der Waals surface area contributed by atoms with Gasteiger partial charge in [0.2, 0.25) is 10.0 Å². The summed E-state index contributed by atoms with van der Waals surface area (Å²) in [7, 11) is -3.90. The summed E-state index contributed by atoms with van der Waals surface area (Å²) < 4.78 is 32.5. The maximum atomic E-state index is 12.9. The molecule has 2 aromatic carbocycles. The van der Waals surface area contributed by atoms with E-state index in [0.29, 0.717) is 39.3 Å². The first-order valence-corrected chi connectivity index (χ1v) is 10.5. The van der Waals surface area contributed by atoms with E-state index in [1.165, 1.54) is 28.6 Å². The highest BCUT2D eigenvalue weighted by Gasteiger charge is 2.33. The number of piperazine rings is 1. The molecule has 1 aliphatic rings. The molecule has 0 saturated carbocycles. The average molecular weight is 405 g/mol. The first-order valence-electron chi connectivity index (χ1n) is 9.09. The van der Waals surface area contributed by atoms with Crippen LogP contribution in [0, 0.1) is 10.1 Å². The van der Waals surface area contributed by atoms with Crippen LogP contribution in [-0.4, -0.2) is 55.3 Å². The Kier molecular flexibility index (Phi) is 6.28. The van der Waals surface area contributed by atoms with E-state index >= 15 is 0 Å². The first-order chi connectivity index (χ1) is 13.4. The molecule has 0 bridgehead atoms. The van der Waals surface area contributed by atoms with Crippen LogP contribution >= 0.6 is 0 Å². The Balaban J connectivity index is 1.64. The Morgan fingerprint density at radius 1 is 1.04 bits per heavy atom. The molecule has 0 amide bonds. The normalized spacial score (nSPS) is 16.0.